The third-order valence-corrected chi connectivity index (χ3v) is 5.15. The highest BCUT2D eigenvalue weighted by molar-refractivity contribution is 6.30. The Morgan fingerprint density at radius 2 is 1.68 bits per heavy atom. The fourth-order valence-corrected chi connectivity index (χ4v) is 3.75. The number of para-hydroxylation sites is 1. The summed E-state index contributed by atoms with van der Waals surface area (Å²) in [6, 6.07) is 14.7. The Labute approximate surface area is 166 Å². The topological polar surface area (TPSA) is 15.7 Å². The highest BCUT2D eigenvalue weighted by atomic mass is 35.5. The van der Waals surface area contributed by atoms with Crippen LogP contribution in [-0.4, -0.2) is 43.0 Å². The largest absolute Gasteiger partial charge is 0.457 e. The zero-order chi connectivity index (χ0) is 15.8. The SMILES string of the molecule is CN1CCN(C2Cc3cc(Cl)ccc3Oc3ccccc32)CC1.Cl.Cl. The van der Waals surface area contributed by atoms with Gasteiger partial charge in [0.05, 0.1) is 0 Å². The molecule has 2 heterocycles. The molecular weight excluding hydrogens is 379 g/mol. The van der Waals surface area contributed by atoms with Crippen LogP contribution in [-0.2, 0) is 6.42 Å². The van der Waals surface area contributed by atoms with Crippen LogP contribution in [0, 0.1) is 0 Å². The molecule has 0 saturated carbocycles. The standard InChI is InChI=1S/C19H21ClN2O.2ClH/c1-21-8-10-22(11-9-21)17-13-14-12-15(20)6-7-18(14)23-19-5-3-2-4-16(17)19;;/h2-7,12,17H,8-11,13H2,1H3;2*1H. The van der Waals surface area contributed by atoms with E-state index in [1.54, 1.807) is 0 Å². The summed E-state index contributed by atoms with van der Waals surface area (Å²) in [6.07, 6.45) is 0.941. The normalized spacial score (nSPS) is 20.2. The minimum absolute atomic E-state index is 0. The van der Waals surface area contributed by atoms with Gasteiger partial charge in [-0.2, -0.15) is 0 Å². The molecule has 2 aliphatic heterocycles. The third-order valence-electron chi connectivity index (χ3n) is 4.91. The molecule has 0 bridgehead atoms. The fourth-order valence-electron chi connectivity index (χ4n) is 3.55. The van der Waals surface area contributed by atoms with Crippen LogP contribution in [0.2, 0.25) is 5.02 Å². The Bertz CT molecular complexity index is 718. The molecule has 0 amide bonds. The number of hydrogen-bond acceptors (Lipinski definition) is 3. The van der Waals surface area contributed by atoms with Crippen molar-refractivity contribution >= 4 is 36.4 Å². The van der Waals surface area contributed by atoms with Gasteiger partial charge in [-0.25, -0.2) is 0 Å². The van der Waals surface area contributed by atoms with Crippen molar-refractivity contribution in [2.45, 2.75) is 12.5 Å². The van der Waals surface area contributed by atoms with Gasteiger partial charge in [-0.05, 0) is 43.3 Å². The van der Waals surface area contributed by atoms with Crippen molar-refractivity contribution in [1.82, 2.24) is 9.80 Å². The molecular formula is C19H23Cl3N2O. The Balaban J connectivity index is 0.00000113. The van der Waals surface area contributed by atoms with Crippen LogP contribution in [0.5, 0.6) is 11.5 Å². The van der Waals surface area contributed by atoms with Gasteiger partial charge in [-0.3, -0.25) is 4.90 Å². The van der Waals surface area contributed by atoms with Crippen LogP contribution in [0.4, 0.5) is 0 Å². The maximum Gasteiger partial charge on any atom is 0.132 e. The van der Waals surface area contributed by atoms with E-state index in [4.69, 9.17) is 16.3 Å². The second-order valence-electron chi connectivity index (χ2n) is 6.45. The Kier molecular flexibility index (Phi) is 7.01. The van der Waals surface area contributed by atoms with Crippen LogP contribution in [0.1, 0.15) is 17.2 Å². The summed E-state index contributed by atoms with van der Waals surface area (Å²) in [4.78, 5) is 4.97. The van der Waals surface area contributed by atoms with E-state index in [0.29, 0.717) is 6.04 Å². The molecule has 2 aromatic rings. The van der Waals surface area contributed by atoms with E-state index in [2.05, 4.69) is 35.0 Å². The number of nitrogens with zero attached hydrogens (tertiary/aromatic N) is 2. The van der Waals surface area contributed by atoms with Crippen LogP contribution in [0.15, 0.2) is 42.5 Å². The van der Waals surface area contributed by atoms with Gasteiger partial charge in [-0.15, -0.1) is 24.8 Å². The van der Waals surface area contributed by atoms with Gasteiger partial charge in [0.25, 0.3) is 0 Å². The quantitative estimate of drug-likeness (QED) is 0.681. The predicted octanol–water partition coefficient (Wildman–Crippen LogP) is 4.82. The molecule has 136 valence electrons. The molecule has 3 nitrogen and oxygen atoms in total. The highest BCUT2D eigenvalue weighted by Crippen LogP contribution is 2.41. The molecule has 0 aliphatic carbocycles. The minimum Gasteiger partial charge on any atom is -0.457 e. The van der Waals surface area contributed by atoms with Gasteiger partial charge in [0, 0.05) is 42.8 Å². The Hall–Kier alpha value is -0.970. The summed E-state index contributed by atoms with van der Waals surface area (Å²) >= 11 is 6.22. The zero-order valence-corrected chi connectivity index (χ0v) is 16.5. The lowest BCUT2D eigenvalue weighted by Crippen LogP contribution is -2.46. The maximum atomic E-state index is 6.22. The zero-order valence-electron chi connectivity index (χ0n) is 14.2. The highest BCUT2D eigenvalue weighted by Gasteiger charge is 2.29. The van der Waals surface area contributed by atoms with E-state index in [9.17, 15) is 0 Å². The molecule has 2 aromatic carbocycles. The molecule has 2 aliphatic rings. The molecule has 25 heavy (non-hydrogen) atoms. The van der Waals surface area contributed by atoms with Crippen molar-refractivity contribution in [3.63, 3.8) is 0 Å². The van der Waals surface area contributed by atoms with E-state index in [1.165, 1.54) is 11.1 Å². The van der Waals surface area contributed by atoms with Crippen LogP contribution in [0.3, 0.4) is 0 Å². The number of benzene rings is 2. The molecule has 6 heteroatoms. The number of halogens is 3. The first kappa shape index (κ1) is 20.3. The summed E-state index contributed by atoms with van der Waals surface area (Å²) < 4.78 is 6.20. The van der Waals surface area contributed by atoms with Crippen LogP contribution >= 0.6 is 36.4 Å². The number of likely N-dealkylation sites (N-methyl/N-ethyl adjacent to an activating group) is 1. The van der Waals surface area contributed by atoms with Crippen molar-refractivity contribution in [2.24, 2.45) is 0 Å². The van der Waals surface area contributed by atoms with Crippen LogP contribution in [0.25, 0.3) is 0 Å². The number of rotatable bonds is 1. The summed E-state index contributed by atoms with van der Waals surface area (Å²) in [5.41, 5.74) is 2.47. The third kappa shape index (κ3) is 4.24. The molecule has 1 atom stereocenters. The average molecular weight is 402 g/mol. The van der Waals surface area contributed by atoms with Gasteiger partial charge in [0.15, 0.2) is 0 Å². The van der Waals surface area contributed by atoms with E-state index < -0.39 is 0 Å². The second kappa shape index (κ2) is 8.61. The number of ether oxygens (including phenoxy) is 1. The minimum atomic E-state index is 0. The fraction of sp³-hybridized carbons (Fsp3) is 0.368. The smallest absolute Gasteiger partial charge is 0.132 e. The number of hydrogen-bond donors (Lipinski definition) is 0. The Morgan fingerprint density at radius 1 is 0.960 bits per heavy atom. The average Bonchev–Trinajstić information content (AvgIpc) is 2.72. The lowest BCUT2D eigenvalue weighted by atomic mass is 9.96. The van der Waals surface area contributed by atoms with Gasteiger partial charge in [-0.1, -0.05) is 29.8 Å². The van der Waals surface area contributed by atoms with E-state index in [1.807, 2.05) is 24.3 Å². The monoisotopic (exact) mass is 400 g/mol. The summed E-state index contributed by atoms with van der Waals surface area (Å²) in [7, 11) is 2.19. The first-order chi connectivity index (χ1) is 11.2. The molecule has 1 saturated heterocycles. The van der Waals surface area contributed by atoms with E-state index >= 15 is 0 Å². The Morgan fingerprint density at radius 3 is 2.44 bits per heavy atom. The van der Waals surface area contributed by atoms with Crippen molar-refractivity contribution in [3.8, 4) is 11.5 Å². The van der Waals surface area contributed by atoms with Crippen molar-refractivity contribution in [3.05, 3.63) is 58.6 Å². The van der Waals surface area contributed by atoms with Crippen molar-refractivity contribution < 1.29 is 4.74 Å². The van der Waals surface area contributed by atoms with Crippen molar-refractivity contribution in [2.75, 3.05) is 33.2 Å². The molecule has 0 radical (unpaired) electrons. The molecule has 0 N–H and O–H groups in total. The van der Waals surface area contributed by atoms with E-state index in [0.717, 1.165) is 49.1 Å². The van der Waals surface area contributed by atoms with Crippen molar-refractivity contribution in [1.29, 1.82) is 0 Å². The van der Waals surface area contributed by atoms with Gasteiger partial charge in [0.2, 0.25) is 0 Å². The first-order valence-electron chi connectivity index (χ1n) is 8.18. The molecule has 0 aromatic heterocycles. The second-order valence-corrected chi connectivity index (χ2v) is 6.89. The first-order valence-corrected chi connectivity index (χ1v) is 8.56. The van der Waals surface area contributed by atoms with Crippen LogP contribution < -0.4 is 4.74 Å². The lowest BCUT2D eigenvalue weighted by Gasteiger charge is -2.38. The molecule has 1 unspecified atom stereocenters. The molecule has 4 rings (SSSR count). The lowest BCUT2D eigenvalue weighted by molar-refractivity contribution is 0.111. The number of piperazine rings is 1. The summed E-state index contributed by atoms with van der Waals surface area (Å²) in [5, 5.41) is 0.774. The molecule has 0 spiro atoms. The maximum absolute atomic E-state index is 6.22. The summed E-state index contributed by atoms with van der Waals surface area (Å²) in [6.45, 7) is 4.40. The summed E-state index contributed by atoms with van der Waals surface area (Å²) in [5.74, 6) is 1.90. The van der Waals surface area contributed by atoms with Gasteiger partial charge >= 0.3 is 0 Å². The van der Waals surface area contributed by atoms with E-state index in [-0.39, 0.29) is 24.8 Å². The molecule has 1 fully saturated rings. The number of fused-ring (bicyclic) bond motifs is 2. The van der Waals surface area contributed by atoms with Gasteiger partial charge < -0.3 is 9.64 Å². The van der Waals surface area contributed by atoms with Gasteiger partial charge in [0.1, 0.15) is 11.5 Å². The predicted molar refractivity (Wildman–Crippen MR) is 108 cm³/mol.